The van der Waals surface area contributed by atoms with Gasteiger partial charge in [-0.25, -0.2) is 4.79 Å². The molecular formula is C24H26ClN3O3. The van der Waals surface area contributed by atoms with Crippen LogP contribution in [0.25, 0.3) is 10.9 Å². The smallest absolute Gasteiger partial charge is 0.322 e. The minimum atomic E-state index is -0.294. The summed E-state index contributed by atoms with van der Waals surface area (Å²) in [7, 11) is 0. The summed E-state index contributed by atoms with van der Waals surface area (Å²) in [6.07, 6.45) is 1.84. The van der Waals surface area contributed by atoms with Crippen molar-refractivity contribution in [2.75, 3.05) is 18.5 Å². The maximum atomic E-state index is 13.1. The number of carbonyl (C=O) groups excluding carboxylic acids is 1. The number of benzene rings is 2. The van der Waals surface area contributed by atoms with E-state index in [2.05, 4.69) is 16.4 Å². The van der Waals surface area contributed by atoms with Gasteiger partial charge in [-0.3, -0.25) is 4.79 Å². The standard InChI is InChI=1S/C24H26ClN3O3/c1-15-9-16(2)21-11-17(23(29)27-22(21)10-15)13-28(14-20-7-4-8-31-20)24(30)26-19-6-3-5-18(25)12-19/h3,5-6,9-12,20H,4,7-8,13-14H2,1-2H3,(H,26,30)(H,27,29)/t20-/m0/s1. The fourth-order valence-corrected chi connectivity index (χ4v) is 4.25. The highest BCUT2D eigenvalue weighted by Gasteiger charge is 2.24. The summed E-state index contributed by atoms with van der Waals surface area (Å²) in [5, 5.41) is 4.41. The van der Waals surface area contributed by atoms with Crippen LogP contribution in [-0.2, 0) is 11.3 Å². The molecule has 0 spiro atoms. The van der Waals surface area contributed by atoms with Crippen LogP contribution in [0.5, 0.6) is 0 Å². The van der Waals surface area contributed by atoms with E-state index in [0.29, 0.717) is 29.4 Å². The number of halogens is 1. The molecule has 1 aliphatic rings. The molecule has 2 aromatic carbocycles. The Kier molecular flexibility index (Phi) is 6.30. The van der Waals surface area contributed by atoms with Crippen molar-refractivity contribution in [2.24, 2.45) is 0 Å². The van der Waals surface area contributed by atoms with E-state index in [0.717, 1.165) is 34.9 Å². The van der Waals surface area contributed by atoms with Crippen molar-refractivity contribution < 1.29 is 9.53 Å². The highest BCUT2D eigenvalue weighted by atomic mass is 35.5. The lowest BCUT2D eigenvalue weighted by atomic mass is 10.0. The first-order valence-corrected chi connectivity index (χ1v) is 10.8. The van der Waals surface area contributed by atoms with Crippen molar-refractivity contribution in [2.45, 2.75) is 39.3 Å². The number of hydrogen-bond acceptors (Lipinski definition) is 3. The summed E-state index contributed by atoms with van der Waals surface area (Å²) in [5.41, 5.74) is 3.94. The minimum Gasteiger partial charge on any atom is -0.376 e. The van der Waals surface area contributed by atoms with Gasteiger partial charge in [0.05, 0.1) is 12.6 Å². The van der Waals surface area contributed by atoms with E-state index in [9.17, 15) is 9.59 Å². The van der Waals surface area contributed by atoms with Crippen molar-refractivity contribution in [1.29, 1.82) is 0 Å². The zero-order valence-electron chi connectivity index (χ0n) is 17.7. The second kappa shape index (κ2) is 9.12. The van der Waals surface area contributed by atoms with Crippen molar-refractivity contribution in [3.05, 3.63) is 74.5 Å². The molecule has 6 nitrogen and oxygen atoms in total. The molecule has 1 aromatic heterocycles. The monoisotopic (exact) mass is 439 g/mol. The number of amides is 2. The lowest BCUT2D eigenvalue weighted by molar-refractivity contribution is 0.0818. The van der Waals surface area contributed by atoms with Gasteiger partial charge in [-0.2, -0.15) is 0 Å². The summed E-state index contributed by atoms with van der Waals surface area (Å²) < 4.78 is 5.74. The quantitative estimate of drug-likeness (QED) is 0.586. The molecule has 0 aliphatic carbocycles. The third-order valence-corrected chi connectivity index (χ3v) is 5.80. The van der Waals surface area contributed by atoms with Gasteiger partial charge in [-0.1, -0.05) is 23.7 Å². The Morgan fingerprint density at radius 2 is 2.10 bits per heavy atom. The Morgan fingerprint density at radius 1 is 1.26 bits per heavy atom. The number of fused-ring (bicyclic) bond motifs is 1. The van der Waals surface area contributed by atoms with Crippen LogP contribution in [0.15, 0.2) is 47.3 Å². The zero-order valence-corrected chi connectivity index (χ0v) is 18.5. The van der Waals surface area contributed by atoms with Crippen LogP contribution < -0.4 is 10.9 Å². The maximum Gasteiger partial charge on any atom is 0.322 e. The van der Waals surface area contributed by atoms with Gasteiger partial charge in [0, 0.05) is 40.3 Å². The molecule has 2 amide bonds. The number of nitrogens with zero attached hydrogens (tertiary/aromatic N) is 1. The molecule has 1 fully saturated rings. The fourth-order valence-electron chi connectivity index (χ4n) is 4.06. The fraction of sp³-hybridized carbons (Fsp3) is 0.333. The predicted octanol–water partition coefficient (Wildman–Crippen LogP) is 5.01. The van der Waals surface area contributed by atoms with Crippen molar-refractivity contribution in [3.8, 4) is 0 Å². The van der Waals surface area contributed by atoms with E-state index < -0.39 is 0 Å². The van der Waals surface area contributed by atoms with E-state index in [1.165, 1.54) is 0 Å². The average Bonchev–Trinajstić information content (AvgIpc) is 3.21. The molecule has 31 heavy (non-hydrogen) atoms. The lowest BCUT2D eigenvalue weighted by Crippen LogP contribution is -2.40. The number of hydrogen-bond donors (Lipinski definition) is 2. The molecule has 1 aliphatic heterocycles. The molecule has 3 aromatic rings. The van der Waals surface area contributed by atoms with Gasteiger partial charge in [0.1, 0.15) is 0 Å². The van der Waals surface area contributed by atoms with Crippen LogP contribution in [0.2, 0.25) is 5.02 Å². The van der Waals surface area contributed by atoms with Gasteiger partial charge in [-0.15, -0.1) is 0 Å². The largest absolute Gasteiger partial charge is 0.376 e. The Labute approximate surface area is 186 Å². The van der Waals surface area contributed by atoms with Gasteiger partial charge in [0.25, 0.3) is 5.56 Å². The molecule has 2 heterocycles. The maximum absolute atomic E-state index is 13.1. The third-order valence-electron chi connectivity index (χ3n) is 5.56. The van der Waals surface area contributed by atoms with Gasteiger partial charge < -0.3 is 19.9 Å². The number of aromatic amines is 1. The number of urea groups is 1. The number of nitrogens with one attached hydrogen (secondary N) is 2. The highest BCUT2D eigenvalue weighted by Crippen LogP contribution is 2.21. The normalized spacial score (nSPS) is 15.9. The first kappa shape index (κ1) is 21.4. The van der Waals surface area contributed by atoms with Gasteiger partial charge in [0.2, 0.25) is 0 Å². The van der Waals surface area contributed by atoms with E-state index in [1.807, 2.05) is 26.0 Å². The zero-order chi connectivity index (χ0) is 22.0. The molecule has 7 heteroatoms. The highest BCUT2D eigenvalue weighted by molar-refractivity contribution is 6.30. The van der Waals surface area contributed by atoms with Crippen molar-refractivity contribution in [3.63, 3.8) is 0 Å². The lowest BCUT2D eigenvalue weighted by Gasteiger charge is -2.26. The number of rotatable bonds is 5. The molecule has 162 valence electrons. The van der Waals surface area contributed by atoms with E-state index >= 15 is 0 Å². The Balaban J connectivity index is 1.63. The van der Waals surface area contributed by atoms with Gasteiger partial charge in [-0.05, 0) is 68.1 Å². The van der Waals surface area contributed by atoms with Gasteiger partial charge in [0.15, 0.2) is 0 Å². The number of anilines is 1. The van der Waals surface area contributed by atoms with Crippen molar-refractivity contribution >= 4 is 34.2 Å². The number of aryl methyl sites for hydroxylation is 2. The molecule has 0 bridgehead atoms. The van der Waals surface area contributed by atoms with Crippen LogP contribution >= 0.6 is 11.6 Å². The van der Waals surface area contributed by atoms with E-state index in [4.69, 9.17) is 16.3 Å². The van der Waals surface area contributed by atoms with E-state index in [1.54, 1.807) is 29.2 Å². The number of ether oxygens (including phenoxy) is 1. The summed E-state index contributed by atoms with van der Waals surface area (Å²) >= 11 is 6.05. The predicted molar refractivity (Wildman–Crippen MR) is 124 cm³/mol. The van der Waals surface area contributed by atoms with Crippen LogP contribution in [0.1, 0.15) is 29.5 Å². The molecule has 0 saturated carbocycles. The van der Waals surface area contributed by atoms with Crippen LogP contribution in [-0.4, -0.2) is 35.2 Å². The van der Waals surface area contributed by atoms with Crippen LogP contribution in [0.4, 0.5) is 10.5 Å². The number of aromatic nitrogens is 1. The minimum absolute atomic E-state index is 0.0333. The summed E-state index contributed by atoms with van der Waals surface area (Å²) in [5.74, 6) is 0. The molecule has 0 unspecified atom stereocenters. The summed E-state index contributed by atoms with van der Waals surface area (Å²) in [6, 6.07) is 12.6. The first-order valence-electron chi connectivity index (χ1n) is 10.5. The van der Waals surface area contributed by atoms with Gasteiger partial charge >= 0.3 is 6.03 Å². The second-order valence-electron chi connectivity index (χ2n) is 8.12. The van der Waals surface area contributed by atoms with Crippen LogP contribution in [0, 0.1) is 13.8 Å². The molecular weight excluding hydrogens is 414 g/mol. The Hall–Kier alpha value is -2.83. The Morgan fingerprint density at radius 3 is 2.84 bits per heavy atom. The molecule has 0 radical (unpaired) electrons. The average molecular weight is 440 g/mol. The molecule has 2 N–H and O–H groups in total. The van der Waals surface area contributed by atoms with Crippen LogP contribution in [0.3, 0.4) is 0 Å². The summed E-state index contributed by atoms with van der Waals surface area (Å²) in [4.78, 5) is 30.5. The first-order chi connectivity index (χ1) is 14.9. The molecule has 1 atom stereocenters. The second-order valence-corrected chi connectivity index (χ2v) is 8.56. The number of pyridine rings is 1. The topological polar surface area (TPSA) is 74.4 Å². The SMILES string of the molecule is Cc1cc(C)c2cc(CN(C[C@@H]3CCCO3)C(=O)Nc3cccc(Cl)c3)c(=O)[nH]c2c1. The molecule has 1 saturated heterocycles. The number of H-pyrrole nitrogens is 1. The van der Waals surface area contributed by atoms with Crippen molar-refractivity contribution in [1.82, 2.24) is 9.88 Å². The van der Waals surface area contributed by atoms with E-state index in [-0.39, 0.29) is 24.2 Å². The summed E-state index contributed by atoms with van der Waals surface area (Å²) in [6.45, 7) is 5.32. The third kappa shape index (κ3) is 5.09. The molecule has 4 rings (SSSR count). The Bertz CT molecular complexity index is 1170. The number of carbonyl (C=O) groups is 1.